The molecular weight excluding hydrogens is 396 g/mol. The molecule has 174 valence electrons. The Kier molecular flexibility index (Phi) is 13.0. The van der Waals surface area contributed by atoms with E-state index in [0.29, 0.717) is 39.3 Å². The van der Waals surface area contributed by atoms with Crippen molar-refractivity contribution in [1.29, 1.82) is 0 Å². The van der Waals surface area contributed by atoms with Gasteiger partial charge in [0, 0.05) is 39.3 Å². The molecule has 0 rings (SSSR count). The van der Waals surface area contributed by atoms with Gasteiger partial charge in [-0.2, -0.15) is 0 Å². The molecule has 0 aliphatic carbocycles. The fourth-order valence-electron chi connectivity index (χ4n) is 2.69. The summed E-state index contributed by atoms with van der Waals surface area (Å²) in [6.45, 7) is 9.96. The van der Waals surface area contributed by atoms with Gasteiger partial charge in [0.15, 0.2) is 0 Å². The van der Waals surface area contributed by atoms with Crippen LogP contribution < -0.4 is 10.6 Å². The molecule has 30 heavy (non-hydrogen) atoms. The lowest BCUT2D eigenvalue weighted by atomic mass is 10.2. The Hall–Kier alpha value is -2.08. The molecule has 0 aromatic carbocycles. The first-order chi connectivity index (χ1) is 13.9. The second kappa shape index (κ2) is 14.0. The first kappa shape index (κ1) is 27.9. The van der Waals surface area contributed by atoms with Crippen LogP contribution in [-0.4, -0.2) is 112 Å². The second-order valence-corrected chi connectivity index (χ2v) is 7.40. The highest BCUT2D eigenvalue weighted by molar-refractivity contribution is 5.81. The van der Waals surface area contributed by atoms with Crippen LogP contribution in [0.4, 0.5) is 0 Å². The molecule has 11 nitrogen and oxygen atoms in total. The maximum atomic E-state index is 11.9. The number of carboxylic acids is 3. The third kappa shape index (κ3) is 10.6. The molecule has 0 heterocycles. The van der Waals surface area contributed by atoms with Crippen LogP contribution in [0.15, 0.2) is 0 Å². The number of rotatable bonds is 17. The minimum absolute atomic E-state index is 0.0453. The molecule has 0 bridgehead atoms. The first-order valence-corrected chi connectivity index (χ1v) is 10.0. The summed E-state index contributed by atoms with van der Waals surface area (Å²) in [5.74, 6) is -3.00. The Morgan fingerprint density at radius 1 is 0.667 bits per heavy atom. The van der Waals surface area contributed by atoms with E-state index in [1.807, 2.05) is 4.90 Å². The summed E-state index contributed by atoms with van der Waals surface area (Å²) in [5.41, 5.74) is 0. The topological polar surface area (TPSA) is 160 Å². The molecule has 4 unspecified atom stereocenters. The number of hydrogen-bond acceptors (Lipinski definition) is 8. The van der Waals surface area contributed by atoms with E-state index >= 15 is 0 Å². The highest BCUT2D eigenvalue weighted by Crippen LogP contribution is 2.05. The van der Waals surface area contributed by atoms with Gasteiger partial charge in [0.2, 0.25) is 0 Å². The zero-order valence-electron chi connectivity index (χ0n) is 18.4. The van der Waals surface area contributed by atoms with Gasteiger partial charge in [-0.1, -0.05) is 0 Å². The van der Waals surface area contributed by atoms with E-state index in [0.717, 1.165) is 0 Å². The smallest absolute Gasteiger partial charge is 0.320 e. The van der Waals surface area contributed by atoms with E-state index in [4.69, 9.17) is 10.2 Å². The summed E-state index contributed by atoms with van der Waals surface area (Å²) in [6, 6.07) is -2.65. The monoisotopic (exact) mass is 432 g/mol. The van der Waals surface area contributed by atoms with Crippen molar-refractivity contribution in [2.75, 3.05) is 39.3 Å². The molecule has 0 saturated carbocycles. The third-order valence-electron chi connectivity index (χ3n) is 5.16. The predicted molar refractivity (Wildman–Crippen MR) is 111 cm³/mol. The van der Waals surface area contributed by atoms with Crippen molar-refractivity contribution >= 4 is 23.7 Å². The Labute approximate surface area is 177 Å². The Morgan fingerprint density at radius 2 is 1.03 bits per heavy atom. The van der Waals surface area contributed by atoms with Gasteiger partial charge in [-0.25, -0.2) is 0 Å². The Morgan fingerprint density at radius 3 is 1.33 bits per heavy atom. The molecular formula is C19H36N4O7. The predicted octanol–water partition coefficient (Wildman–Crippen LogP) is -0.834. The van der Waals surface area contributed by atoms with E-state index in [1.165, 1.54) is 20.8 Å². The lowest BCUT2D eigenvalue weighted by molar-refractivity contribution is -0.143. The van der Waals surface area contributed by atoms with Crippen molar-refractivity contribution in [3.8, 4) is 0 Å². The van der Waals surface area contributed by atoms with Gasteiger partial charge in [-0.05, 0) is 34.6 Å². The van der Waals surface area contributed by atoms with Gasteiger partial charge < -0.3 is 26.0 Å². The largest absolute Gasteiger partial charge is 0.480 e. The van der Waals surface area contributed by atoms with Gasteiger partial charge >= 0.3 is 17.9 Å². The maximum Gasteiger partial charge on any atom is 0.320 e. The lowest BCUT2D eigenvalue weighted by Crippen LogP contribution is -2.50. The fourth-order valence-corrected chi connectivity index (χ4v) is 2.69. The lowest BCUT2D eigenvalue weighted by Gasteiger charge is -2.32. The highest BCUT2D eigenvalue weighted by atomic mass is 16.4. The van der Waals surface area contributed by atoms with Crippen LogP contribution in [0.25, 0.3) is 0 Å². The molecule has 5 N–H and O–H groups in total. The molecule has 11 heteroatoms. The van der Waals surface area contributed by atoms with Crippen molar-refractivity contribution < 1.29 is 34.5 Å². The number of nitrogens with one attached hydrogen (secondary N) is 2. The van der Waals surface area contributed by atoms with Gasteiger partial charge in [0.05, 0.1) is 6.04 Å². The molecule has 0 aromatic heterocycles. The second-order valence-electron chi connectivity index (χ2n) is 7.40. The van der Waals surface area contributed by atoms with Crippen LogP contribution in [0, 0.1) is 0 Å². The fraction of sp³-hybridized carbons (Fsp3) is 0.789. The molecule has 4 atom stereocenters. The Bertz CT molecular complexity index is 537. The normalized spacial score (nSPS) is 15.6. The van der Waals surface area contributed by atoms with Gasteiger partial charge in [0.1, 0.15) is 23.9 Å². The SMILES string of the molecule is CC(=O)C(C)N(CCNC(C)C(=O)O)CCN(CCNC(C)C(=O)O)C(C)C(=O)O. The molecule has 0 aromatic rings. The van der Waals surface area contributed by atoms with Crippen LogP contribution in [-0.2, 0) is 19.2 Å². The van der Waals surface area contributed by atoms with Crippen LogP contribution in [0.2, 0.25) is 0 Å². The molecule has 0 spiro atoms. The van der Waals surface area contributed by atoms with Gasteiger partial charge in [-0.3, -0.25) is 29.0 Å². The quantitative estimate of drug-likeness (QED) is 0.195. The number of carbonyl (C=O) groups is 4. The number of carbonyl (C=O) groups excluding carboxylic acids is 1. The summed E-state index contributed by atoms with van der Waals surface area (Å²) in [6.07, 6.45) is 0. The minimum Gasteiger partial charge on any atom is -0.480 e. The highest BCUT2D eigenvalue weighted by Gasteiger charge is 2.24. The molecule has 0 aliphatic rings. The summed E-state index contributed by atoms with van der Waals surface area (Å²) >= 11 is 0. The van der Waals surface area contributed by atoms with Crippen molar-refractivity contribution in [3.05, 3.63) is 0 Å². The summed E-state index contributed by atoms with van der Waals surface area (Å²) in [7, 11) is 0. The average Bonchev–Trinajstić information content (AvgIpc) is 2.66. The van der Waals surface area contributed by atoms with Gasteiger partial charge in [-0.15, -0.1) is 0 Å². The molecule has 0 fully saturated rings. The third-order valence-corrected chi connectivity index (χ3v) is 5.16. The number of hydrogen-bond donors (Lipinski definition) is 5. The minimum atomic E-state index is -0.996. The van der Waals surface area contributed by atoms with Gasteiger partial charge in [0.25, 0.3) is 0 Å². The van der Waals surface area contributed by atoms with Crippen LogP contribution in [0.1, 0.15) is 34.6 Å². The number of Topliss-reactive ketones (excluding diaryl/α,β-unsaturated/α-hetero) is 1. The number of ketones is 1. The summed E-state index contributed by atoms with van der Waals surface area (Å²) < 4.78 is 0. The van der Waals surface area contributed by atoms with E-state index in [1.54, 1.807) is 18.7 Å². The molecule has 0 saturated heterocycles. The number of nitrogens with zero attached hydrogens (tertiary/aromatic N) is 2. The van der Waals surface area contributed by atoms with E-state index in [-0.39, 0.29) is 5.78 Å². The summed E-state index contributed by atoms with van der Waals surface area (Å²) in [4.78, 5) is 48.7. The van der Waals surface area contributed by atoms with E-state index in [9.17, 15) is 24.3 Å². The maximum absolute atomic E-state index is 11.9. The average molecular weight is 433 g/mol. The molecule has 0 radical (unpaired) electrons. The molecule has 0 amide bonds. The number of carboxylic acid groups (broad SMARTS) is 3. The standard InChI is InChI=1S/C19H36N4O7/c1-12(17(25)26)20-6-8-22(14(3)16(5)24)10-11-23(15(4)19(29)30)9-7-21-13(2)18(27)28/h12-15,20-21H,6-11H2,1-5H3,(H,25,26)(H,27,28)(H,29,30). The van der Waals surface area contributed by atoms with Crippen molar-refractivity contribution in [3.63, 3.8) is 0 Å². The van der Waals surface area contributed by atoms with Crippen molar-refractivity contribution in [2.24, 2.45) is 0 Å². The van der Waals surface area contributed by atoms with Crippen molar-refractivity contribution in [2.45, 2.75) is 58.8 Å². The van der Waals surface area contributed by atoms with Crippen molar-refractivity contribution in [1.82, 2.24) is 20.4 Å². The van der Waals surface area contributed by atoms with Crippen LogP contribution >= 0.6 is 0 Å². The van der Waals surface area contributed by atoms with E-state index < -0.39 is 42.1 Å². The molecule has 0 aliphatic heterocycles. The van der Waals surface area contributed by atoms with Crippen LogP contribution in [0.3, 0.4) is 0 Å². The van der Waals surface area contributed by atoms with E-state index in [2.05, 4.69) is 10.6 Å². The zero-order chi connectivity index (χ0) is 23.4. The summed E-state index contributed by atoms with van der Waals surface area (Å²) in [5, 5.41) is 33.0. The van der Waals surface area contributed by atoms with Crippen LogP contribution in [0.5, 0.6) is 0 Å². The first-order valence-electron chi connectivity index (χ1n) is 10.0. The zero-order valence-corrected chi connectivity index (χ0v) is 18.4. The Balaban J connectivity index is 4.97. The number of aliphatic carboxylic acids is 3.